The molecular weight excluding hydrogens is 497 g/mol. The molecule has 0 amide bonds. The number of aliphatic carboxylic acids is 1. The summed E-state index contributed by atoms with van der Waals surface area (Å²) < 4.78 is 6.75. The zero-order valence-corrected chi connectivity index (χ0v) is 16.9. The van der Waals surface area contributed by atoms with Gasteiger partial charge in [0.1, 0.15) is 17.4 Å². The van der Waals surface area contributed by atoms with E-state index < -0.39 is 17.0 Å². The van der Waals surface area contributed by atoms with E-state index in [0.29, 0.717) is 25.8 Å². The Morgan fingerprint density at radius 3 is 2.46 bits per heavy atom. The highest BCUT2D eigenvalue weighted by atomic mass is 79.9. The van der Waals surface area contributed by atoms with Crippen LogP contribution < -0.4 is 4.74 Å². The molecular formula is C16H12Br2ClNO6. The number of hydrogen-bond donors (Lipinski definition) is 2. The number of rotatable bonds is 7. The quantitative estimate of drug-likeness (QED) is 0.425. The normalized spacial score (nSPS) is 11.8. The van der Waals surface area contributed by atoms with E-state index in [0.717, 1.165) is 0 Å². The SMILES string of the molecule is O=C(O)[C@H](O)Cc1cc(Br)c(OCc2cccc([N+](=O)[O-])c2Cl)c(Br)c1. The first-order chi connectivity index (χ1) is 12.2. The highest BCUT2D eigenvalue weighted by Gasteiger charge is 2.18. The van der Waals surface area contributed by atoms with Crippen LogP contribution in [0.4, 0.5) is 5.69 Å². The minimum Gasteiger partial charge on any atom is -0.486 e. The van der Waals surface area contributed by atoms with E-state index in [4.69, 9.17) is 21.4 Å². The Balaban J connectivity index is 2.19. The molecule has 0 bridgehead atoms. The van der Waals surface area contributed by atoms with Crippen molar-refractivity contribution in [3.05, 3.63) is 65.5 Å². The van der Waals surface area contributed by atoms with Crippen LogP contribution in [0.25, 0.3) is 0 Å². The van der Waals surface area contributed by atoms with Crippen molar-refractivity contribution < 1.29 is 24.7 Å². The number of benzene rings is 2. The summed E-state index contributed by atoms with van der Waals surface area (Å²) in [5, 5.41) is 29.2. The van der Waals surface area contributed by atoms with Crippen molar-refractivity contribution in [3.8, 4) is 5.75 Å². The number of aliphatic hydroxyl groups excluding tert-OH is 1. The van der Waals surface area contributed by atoms with Gasteiger partial charge in [0.2, 0.25) is 0 Å². The minimum absolute atomic E-state index is 0.00515. The molecule has 0 aliphatic rings. The average Bonchev–Trinajstić information content (AvgIpc) is 2.55. The van der Waals surface area contributed by atoms with Crippen LogP contribution in [0.3, 0.4) is 0 Å². The molecule has 2 rings (SSSR count). The maximum Gasteiger partial charge on any atom is 0.332 e. The van der Waals surface area contributed by atoms with E-state index in [9.17, 15) is 20.0 Å². The van der Waals surface area contributed by atoms with Gasteiger partial charge in [-0.2, -0.15) is 0 Å². The Morgan fingerprint density at radius 2 is 1.92 bits per heavy atom. The highest BCUT2D eigenvalue weighted by Crippen LogP contribution is 2.36. The van der Waals surface area contributed by atoms with Gasteiger partial charge in [-0.1, -0.05) is 23.7 Å². The van der Waals surface area contributed by atoms with E-state index in [1.54, 1.807) is 18.2 Å². The van der Waals surface area contributed by atoms with Crippen molar-refractivity contribution in [2.75, 3.05) is 0 Å². The smallest absolute Gasteiger partial charge is 0.332 e. The predicted octanol–water partition coefficient (Wildman–Crippen LogP) is 4.34. The molecule has 2 aromatic rings. The predicted molar refractivity (Wildman–Crippen MR) is 102 cm³/mol. The minimum atomic E-state index is -1.51. The third-order valence-corrected chi connectivity index (χ3v) is 5.01. The Kier molecular flexibility index (Phi) is 6.99. The number of carbonyl (C=O) groups is 1. The number of ether oxygens (including phenoxy) is 1. The lowest BCUT2D eigenvalue weighted by Gasteiger charge is -2.14. The van der Waals surface area contributed by atoms with Crippen molar-refractivity contribution in [1.82, 2.24) is 0 Å². The fourth-order valence-corrected chi connectivity index (χ4v) is 3.91. The molecule has 26 heavy (non-hydrogen) atoms. The van der Waals surface area contributed by atoms with E-state index in [2.05, 4.69) is 31.9 Å². The molecule has 0 aromatic heterocycles. The first-order valence-electron chi connectivity index (χ1n) is 7.14. The Bertz CT molecular complexity index is 838. The first kappa shape index (κ1) is 20.6. The zero-order valence-electron chi connectivity index (χ0n) is 13.0. The summed E-state index contributed by atoms with van der Waals surface area (Å²) in [6.45, 7) is -0.00515. The van der Waals surface area contributed by atoms with Gasteiger partial charge in [0.05, 0.1) is 13.9 Å². The number of hydrogen-bond acceptors (Lipinski definition) is 5. The molecule has 0 fully saturated rings. The van der Waals surface area contributed by atoms with Crippen LogP contribution in [0.15, 0.2) is 39.3 Å². The van der Waals surface area contributed by atoms with E-state index in [1.807, 2.05) is 0 Å². The number of nitro benzene ring substituents is 1. The second-order valence-corrected chi connectivity index (χ2v) is 7.33. The molecule has 0 radical (unpaired) electrons. The Morgan fingerprint density at radius 1 is 1.31 bits per heavy atom. The summed E-state index contributed by atoms with van der Waals surface area (Å²) in [5.74, 6) is -0.890. The lowest BCUT2D eigenvalue weighted by atomic mass is 10.1. The fraction of sp³-hybridized carbons (Fsp3) is 0.188. The summed E-state index contributed by atoms with van der Waals surface area (Å²) in [4.78, 5) is 21.1. The maximum absolute atomic E-state index is 10.9. The molecule has 0 aliphatic carbocycles. The zero-order chi connectivity index (χ0) is 19.4. The number of nitrogens with zero attached hydrogens (tertiary/aromatic N) is 1. The third-order valence-electron chi connectivity index (χ3n) is 3.40. The van der Waals surface area contributed by atoms with Crippen LogP contribution in [0.1, 0.15) is 11.1 Å². The van der Waals surface area contributed by atoms with Crippen molar-refractivity contribution in [2.45, 2.75) is 19.1 Å². The second kappa shape index (κ2) is 8.81. The largest absolute Gasteiger partial charge is 0.486 e. The van der Waals surface area contributed by atoms with Crippen molar-refractivity contribution in [1.29, 1.82) is 0 Å². The van der Waals surface area contributed by atoms with Crippen molar-refractivity contribution in [3.63, 3.8) is 0 Å². The van der Waals surface area contributed by atoms with E-state index >= 15 is 0 Å². The second-order valence-electron chi connectivity index (χ2n) is 5.24. The molecule has 0 heterocycles. The van der Waals surface area contributed by atoms with Gasteiger partial charge >= 0.3 is 5.97 Å². The fourth-order valence-electron chi connectivity index (χ4n) is 2.15. The van der Waals surface area contributed by atoms with Gasteiger partial charge in [0.15, 0.2) is 6.10 Å². The van der Waals surface area contributed by atoms with Gasteiger partial charge in [-0.05, 0) is 49.6 Å². The van der Waals surface area contributed by atoms with Gasteiger partial charge in [-0.15, -0.1) is 0 Å². The number of halogens is 3. The summed E-state index contributed by atoms with van der Waals surface area (Å²) in [5.41, 5.74) is 0.827. The summed E-state index contributed by atoms with van der Waals surface area (Å²) in [6, 6.07) is 7.70. The van der Waals surface area contributed by atoms with Crippen LogP contribution in [-0.4, -0.2) is 27.2 Å². The van der Waals surface area contributed by atoms with Crippen LogP contribution in [0.2, 0.25) is 5.02 Å². The number of aliphatic hydroxyl groups is 1. The van der Waals surface area contributed by atoms with Gasteiger partial charge in [0, 0.05) is 18.1 Å². The Labute approximate surface area is 170 Å². The average molecular weight is 510 g/mol. The molecule has 0 aliphatic heterocycles. The highest BCUT2D eigenvalue weighted by molar-refractivity contribution is 9.11. The number of nitro groups is 1. The van der Waals surface area contributed by atoms with Crippen LogP contribution in [0, 0.1) is 10.1 Å². The monoisotopic (exact) mass is 507 g/mol. The molecule has 138 valence electrons. The number of carboxylic acids is 1. The van der Waals surface area contributed by atoms with Crippen molar-refractivity contribution in [2.24, 2.45) is 0 Å². The lowest BCUT2D eigenvalue weighted by Crippen LogP contribution is -2.22. The molecule has 0 saturated carbocycles. The first-order valence-corrected chi connectivity index (χ1v) is 9.10. The molecule has 0 unspecified atom stereocenters. The summed E-state index contributed by atoms with van der Waals surface area (Å²) in [7, 11) is 0. The molecule has 2 aromatic carbocycles. The van der Waals surface area contributed by atoms with E-state index in [1.165, 1.54) is 12.1 Å². The molecule has 7 nitrogen and oxygen atoms in total. The summed E-state index contributed by atoms with van der Waals surface area (Å²) >= 11 is 12.7. The molecule has 0 spiro atoms. The van der Waals surface area contributed by atoms with Crippen molar-refractivity contribution >= 4 is 55.1 Å². The lowest BCUT2D eigenvalue weighted by molar-refractivity contribution is -0.384. The molecule has 2 N–H and O–H groups in total. The summed E-state index contributed by atoms with van der Waals surface area (Å²) in [6.07, 6.45) is -1.58. The van der Waals surface area contributed by atoms with Crippen LogP contribution >= 0.6 is 43.5 Å². The van der Waals surface area contributed by atoms with Crippen LogP contribution in [0.5, 0.6) is 5.75 Å². The molecule has 0 saturated heterocycles. The topological polar surface area (TPSA) is 110 Å². The molecule has 1 atom stereocenters. The van der Waals surface area contributed by atoms with Gasteiger partial charge in [-0.25, -0.2) is 4.79 Å². The standard InChI is InChI=1S/C16H12Br2ClNO6/c17-10-4-8(6-13(21)16(22)23)5-11(18)15(10)26-7-9-2-1-3-12(14(9)19)20(24)25/h1-5,13,21H,6-7H2,(H,22,23)/t13-/m1/s1. The third kappa shape index (κ3) is 4.94. The van der Waals surface area contributed by atoms with Crippen LogP contribution in [-0.2, 0) is 17.8 Å². The van der Waals surface area contributed by atoms with Gasteiger partial charge < -0.3 is 14.9 Å². The number of carboxylic acid groups (broad SMARTS) is 1. The van der Waals surface area contributed by atoms with Gasteiger partial charge in [-0.3, -0.25) is 10.1 Å². The van der Waals surface area contributed by atoms with E-state index in [-0.39, 0.29) is 23.7 Å². The maximum atomic E-state index is 10.9. The molecule has 10 heteroatoms. The van der Waals surface area contributed by atoms with Gasteiger partial charge in [0.25, 0.3) is 5.69 Å². The Hall–Kier alpha value is -1.68.